The van der Waals surface area contributed by atoms with Crippen LogP contribution in [0.2, 0.25) is 0 Å². The van der Waals surface area contributed by atoms with E-state index in [-0.39, 0.29) is 5.60 Å². The highest BCUT2D eigenvalue weighted by molar-refractivity contribution is 5.80. The van der Waals surface area contributed by atoms with Crippen molar-refractivity contribution in [3.63, 3.8) is 0 Å². The van der Waals surface area contributed by atoms with Crippen LogP contribution >= 0.6 is 0 Å². The fourth-order valence-electron chi connectivity index (χ4n) is 2.29. The molecule has 1 aliphatic heterocycles. The highest BCUT2D eigenvalue weighted by atomic mass is 16.5. The van der Waals surface area contributed by atoms with Crippen molar-refractivity contribution in [3.05, 3.63) is 35.4 Å². The number of hydrogen-bond acceptors (Lipinski definition) is 2. The molecule has 1 aliphatic rings. The van der Waals surface area contributed by atoms with Gasteiger partial charge in [-0.3, -0.25) is 4.79 Å². The molecule has 1 fully saturated rings. The largest absolute Gasteiger partial charge is 0.369 e. The maximum absolute atomic E-state index is 11.6. The first-order valence-electron chi connectivity index (χ1n) is 5.89. The number of Topliss-reactive ketones (excluding diaryl/α,β-unsaturated/α-hetero) is 1. The fraction of sp³-hybridized carbons (Fsp3) is 0.500. The van der Waals surface area contributed by atoms with Crippen molar-refractivity contribution in [2.45, 2.75) is 38.7 Å². The molecule has 1 aromatic rings. The summed E-state index contributed by atoms with van der Waals surface area (Å²) in [5, 5.41) is 0. The van der Waals surface area contributed by atoms with E-state index in [1.54, 1.807) is 0 Å². The van der Waals surface area contributed by atoms with E-state index in [0.717, 1.165) is 12.0 Å². The Morgan fingerprint density at radius 2 is 2.00 bits per heavy atom. The second kappa shape index (κ2) is 4.38. The van der Waals surface area contributed by atoms with Crippen molar-refractivity contribution in [1.82, 2.24) is 0 Å². The second-order valence-corrected chi connectivity index (χ2v) is 4.53. The number of carbonyl (C=O) groups is 1. The SMILES string of the molecule is CCC1(c2ccc(C)cc2)CC(=O)CCO1. The van der Waals surface area contributed by atoms with Gasteiger partial charge in [-0.15, -0.1) is 0 Å². The molecule has 86 valence electrons. The Morgan fingerprint density at radius 3 is 2.56 bits per heavy atom. The average Bonchev–Trinajstić information content (AvgIpc) is 2.29. The predicted molar refractivity (Wildman–Crippen MR) is 63.3 cm³/mol. The fourth-order valence-corrected chi connectivity index (χ4v) is 2.29. The van der Waals surface area contributed by atoms with Gasteiger partial charge in [0.05, 0.1) is 12.2 Å². The smallest absolute Gasteiger partial charge is 0.138 e. The third-order valence-electron chi connectivity index (χ3n) is 3.39. The van der Waals surface area contributed by atoms with Gasteiger partial charge in [0.1, 0.15) is 5.78 Å². The van der Waals surface area contributed by atoms with Crippen LogP contribution in [0.15, 0.2) is 24.3 Å². The topological polar surface area (TPSA) is 26.3 Å². The van der Waals surface area contributed by atoms with E-state index in [1.807, 2.05) is 0 Å². The summed E-state index contributed by atoms with van der Waals surface area (Å²) in [7, 11) is 0. The Morgan fingerprint density at radius 1 is 1.31 bits per heavy atom. The van der Waals surface area contributed by atoms with E-state index >= 15 is 0 Å². The van der Waals surface area contributed by atoms with E-state index in [2.05, 4.69) is 38.1 Å². The summed E-state index contributed by atoms with van der Waals surface area (Å²) in [4.78, 5) is 11.6. The Labute approximate surface area is 96.6 Å². The van der Waals surface area contributed by atoms with Crippen LogP contribution in [-0.4, -0.2) is 12.4 Å². The van der Waals surface area contributed by atoms with Gasteiger partial charge in [0.15, 0.2) is 0 Å². The monoisotopic (exact) mass is 218 g/mol. The minimum absolute atomic E-state index is 0.314. The normalized spacial score (nSPS) is 25.8. The lowest BCUT2D eigenvalue weighted by Crippen LogP contribution is -2.37. The molecule has 2 heteroatoms. The summed E-state index contributed by atoms with van der Waals surface area (Å²) in [5.74, 6) is 0.314. The molecule has 0 saturated carbocycles. The predicted octanol–water partition coefficient (Wildman–Crippen LogP) is 2.98. The van der Waals surface area contributed by atoms with E-state index in [9.17, 15) is 4.79 Å². The molecule has 0 aromatic heterocycles. The Kier molecular flexibility index (Phi) is 3.10. The van der Waals surface area contributed by atoms with Crippen LogP contribution in [-0.2, 0) is 15.1 Å². The van der Waals surface area contributed by atoms with Crippen molar-refractivity contribution in [2.75, 3.05) is 6.61 Å². The molecule has 2 rings (SSSR count). The molecule has 0 spiro atoms. The summed E-state index contributed by atoms with van der Waals surface area (Å²) in [6, 6.07) is 8.32. The van der Waals surface area contributed by atoms with Gasteiger partial charge in [-0.2, -0.15) is 0 Å². The summed E-state index contributed by atoms with van der Waals surface area (Å²) < 4.78 is 5.89. The second-order valence-electron chi connectivity index (χ2n) is 4.53. The summed E-state index contributed by atoms with van der Waals surface area (Å²) in [6.07, 6.45) is 1.93. The molecule has 1 unspecified atom stereocenters. The number of hydrogen-bond donors (Lipinski definition) is 0. The zero-order chi connectivity index (χ0) is 11.6. The number of rotatable bonds is 2. The van der Waals surface area contributed by atoms with Gasteiger partial charge < -0.3 is 4.74 Å². The first-order chi connectivity index (χ1) is 7.66. The summed E-state index contributed by atoms with van der Waals surface area (Å²) in [5.41, 5.74) is 1.99. The first-order valence-corrected chi connectivity index (χ1v) is 5.89. The lowest BCUT2D eigenvalue weighted by Gasteiger charge is -2.36. The molecule has 1 atom stereocenters. The van der Waals surface area contributed by atoms with Crippen molar-refractivity contribution in [2.24, 2.45) is 0 Å². The Bertz CT molecular complexity index is 380. The molecule has 1 heterocycles. The lowest BCUT2D eigenvalue weighted by atomic mass is 9.83. The van der Waals surface area contributed by atoms with Crippen LogP contribution in [0.1, 0.15) is 37.3 Å². The number of ether oxygens (including phenoxy) is 1. The standard InChI is InChI=1S/C14H18O2/c1-3-14(10-13(15)8-9-16-14)12-6-4-11(2)5-7-12/h4-7H,3,8-10H2,1-2H3. The quantitative estimate of drug-likeness (QED) is 0.762. The molecule has 1 saturated heterocycles. The average molecular weight is 218 g/mol. The van der Waals surface area contributed by atoms with Crippen molar-refractivity contribution < 1.29 is 9.53 Å². The zero-order valence-electron chi connectivity index (χ0n) is 9.95. The van der Waals surface area contributed by atoms with Gasteiger partial charge in [0, 0.05) is 12.8 Å². The zero-order valence-corrected chi connectivity index (χ0v) is 9.95. The molecule has 0 aliphatic carbocycles. The van der Waals surface area contributed by atoms with E-state index in [1.165, 1.54) is 5.56 Å². The van der Waals surface area contributed by atoms with Gasteiger partial charge in [0.2, 0.25) is 0 Å². The van der Waals surface area contributed by atoms with E-state index in [0.29, 0.717) is 25.2 Å². The van der Waals surface area contributed by atoms with Gasteiger partial charge in [-0.25, -0.2) is 0 Å². The molecule has 16 heavy (non-hydrogen) atoms. The van der Waals surface area contributed by atoms with Crippen LogP contribution in [0.5, 0.6) is 0 Å². The molecular formula is C14H18O2. The third kappa shape index (κ3) is 2.03. The molecule has 2 nitrogen and oxygen atoms in total. The maximum atomic E-state index is 11.6. The number of carbonyl (C=O) groups excluding carboxylic acids is 1. The third-order valence-corrected chi connectivity index (χ3v) is 3.39. The minimum Gasteiger partial charge on any atom is -0.369 e. The highest BCUT2D eigenvalue weighted by Gasteiger charge is 2.36. The molecule has 0 amide bonds. The molecule has 0 radical (unpaired) electrons. The number of benzene rings is 1. The van der Waals surface area contributed by atoms with Gasteiger partial charge in [0.25, 0.3) is 0 Å². The van der Waals surface area contributed by atoms with Crippen LogP contribution in [0, 0.1) is 6.92 Å². The Balaban J connectivity index is 2.33. The number of aryl methyl sites for hydroxylation is 1. The van der Waals surface area contributed by atoms with Crippen LogP contribution in [0.3, 0.4) is 0 Å². The van der Waals surface area contributed by atoms with Crippen LogP contribution < -0.4 is 0 Å². The van der Waals surface area contributed by atoms with Crippen LogP contribution in [0.25, 0.3) is 0 Å². The lowest BCUT2D eigenvalue weighted by molar-refractivity contribution is -0.142. The number of ketones is 1. The Hall–Kier alpha value is -1.15. The van der Waals surface area contributed by atoms with Gasteiger partial charge in [-0.05, 0) is 18.9 Å². The van der Waals surface area contributed by atoms with E-state index in [4.69, 9.17) is 4.74 Å². The summed E-state index contributed by atoms with van der Waals surface area (Å²) in [6.45, 7) is 4.70. The molecular weight excluding hydrogens is 200 g/mol. The van der Waals surface area contributed by atoms with Gasteiger partial charge >= 0.3 is 0 Å². The van der Waals surface area contributed by atoms with Crippen molar-refractivity contribution >= 4 is 5.78 Å². The maximum Gasteiger partial charge on any atom is 0.138 e. The molecule has 0 bridgehead atoms. The summed E-state index contributed by atoms with van der Waals surface area (Å²) >= 11 is 0. The van der Waals surface area contributed by atoms with Crippen LogP contribution in [0.4, 0.5) is 0 Å². The molecule has 1 aromatic carbocycles. The van der Waals surface area contributed by atoms with Gasteiger partial charge in [-0.1, -0.05) is 36.8 Å². The highest BCUT2D eigenvalue weighted by Crippen LogP contribution is 2.36. The minimum atomic E-state index is -0.372. The molecule has 0 N–H and O–H groups in total. The van der Waals surface area contributed by atoms with E-state index < -0.39 is 0 Å². The van der Waals surface area contributed by atoms with Crippen molar-refractivity contribution in [1.29, 1.82) is 0 Å². The van der Waals surface area contributed by atoms with Crippen molar-refractivity contribution in [3.8, 4) is 0 Å². The first kappa shape index (κ1) is 11.3.